The Balaban J connectivity index is 2.80. The van der Waals surface area contributed by atoms with Crippen LogP contribution in [0.4, 0.5) is 0 Å². The molecule has 1 heterocycles. The first-order valence-electron chi connectivity index (χ1n) is 6.55. The van der Waals surface area contributed by atoms with Gasteiger partial charge in [0.1, 0.15) is 4.88 Å². The normalized spacial score (nSPS) is 12.9. The van der Waals surface area contributed by atoms with Crippen molar-refractivity contribution in [2.45, 2.75) is 39.8 Å². The third-order valence-electron chi connectivity index (χ3n) is 3.40. The van der Waals surface area contributed by atoms with Crippen LogP contribution >= 0.6 is 11.3 Å². The summed E-state index contributed by atoms with van der Waals surface area (Å²) in [5.41, 5.74) is 1.11. The molecule has 0 aromatic carbocycles. The van der Waals surface area contributed by atoms with E-state index in [1.54, 1.807) is 13.2 Å². The summed E-state index contributed by atoms with van der Waals surface area (Å²) in [6.07, 6.45) is 1.07. The van der Waals surface area contributed by atoms with Gasteiger partial charge >= 0.3 is 5.97 Å². The van der Waals surface area contributed by atoms with Gasteiger partial charge in [-0.15, -0.1) is 11.3 Å². The lowest BCUT2D eigenvalue weighted by Gasteiger charge is -2.28. The van der Waals surface area contributed by atoms with E-state index < -0.39 is 5.97 Å². The Morgan fingerprint density at radius 1 is 1.58 bits per heavy atom. The van der Waals surface area contributed by atoms with Gasteiger partial charge in [0.25, 0.3) is 0 Å². The van der Waals surface area contributed by atoms with E-state index in [-0.39, 0.29) is 0 Å². The highest BCUT2D eigenvalue weighted by atomic mass is 32.1. The summed E-state index contributed by atoms with van der Waals surface area (Å²) in [5.74, 6) is -0.841. The molecule has 0 amide bonds. The maximum Gasteiger partial charge on any atom is 0.345 e. The predicted octanol–water partition coefficient (Wildman–Crippen LogP) is 3.00. The number of ether oxygens (including phenoxy) is 1. The maximum absolute atomic E-state index is 11.0. The summed E-state index contributed by atoms with van der Waals surface area (Å²) in [5, 5.41) is 9.03. The van der Waals surface area contributed by atoms with Gasteiger partial charge in [0, 0.05) is 31.1 Å². The van der Waals surface area contributed by atoms with Crippen LogP contribution in [-0.4, -0.2) is 42.3 Å². The zero-order valence-corrected chi connectivity index (χ0v) is 12.9. The average molecular weight is 285 g/mol. The topological polar surface area (TPSA) is 49.8 Å². The van der Waals surface area contributed by atoms with Crippen LogP contribution in [0.25, 0.3) is 0 Å². The van der Waals surface area contributed by atoms with Crippen molar-refractivity contribution >= 4 is 17.3 Å². The molecule has 1 atom stereocenters. The standard InChI is InChI=1S/C14H23NO3S/c1-5-10(2)15(6-7-18-4)9-12-8-13(14(16)17)19-11(12)3/h8,10H,5-7,9H2,1-4H3,(H,16,17). The largest absolute Gasteiger partial charge is 0.477 e. The molecule has 1 aromatic rings. The average Bonchev–Trinajstić information content (AvgIpc) is 2.75. The SMILES string of the molecule is CCC(C)N(CCOC)Cc1cc(C(=O)O)sc1C. The van der Waals surface area contributed by atoms with Crippen molar-refractivity contribution in [1.82, 2.24) is 4.90 Å². The molecule has 0 radical (unpaired) electrons. The van der Waals surface area contributed by atoms with Gasteiger partial charge in [-0.1, -0.05) is 6.92 Å². The molecule has 1 aromatic heterocycles. The molecule has 19 heavy (non-hydrogen) atoms. The van der Waals surface area contributed by atoms with Crippen LogP contribution in [0.2, 0.25) is 0 Å². The van der Waals surface area contributed by atoms with Crippen LogP contribution in [-0.2, 0) is 11.3 Å². The van der Waals surface area contributed by atoms with Gasteiger partial charge in [0.15, 0.2) is 0 Å². The minimum absolute atomic E-state index is 0.420. The molecule has 0 fully saturated rings. The van der Waals surface area contributed by atoms with Crippen molar-refractivity contribution in [3.05, 3.63) is 21.4 Å². The first-order chi connectivity index (χ1) is 8.99. The van der Waals surface area contributed by atoms with Crippen molar-refractivity contribution < 1.29 is 14.6 Å². The second kappa shape index (κ2) is 7.62. The van der Waals surface area contributed by atoms with E-state index in [9.17, 15) is 4.79 Å². The summed E-state index contributed by atoms with van der Waals surface area (Å²) in [6.45, 7) is 8.68. The lowest BCUT2D eigenvalue weighted by atomic mass is 10.1. The summed E-state index contributed by atoms with van der Waals surface area (Å²) in [7, 11) is 1.70. The van der Waals surface area contributed by atoms with E-state index in [1.807, 2.05) is 6.92 Å². The molecule has 1 rings (SSSR count). The lowest BCUT2D eigenvalue weighted by Crippen LogP contribution is -2.34. The number of thiophene rings is 1. The third kappa shape index (κ3) is 4.60. The van der Waals surface area contributed by atoms with E-state index >= 15 is 0 Å². The Kier molecular flexibility index (Phi) is 6.48. The number of nitrogens with zero attached hydrogens (tertiary/aromatic N) is 1. The Bertz CT molecular complexity index is 417. The number of carboxylic acids is 1. The zero-order valence-electron chi connectivity index (χ0n) is 12.1. The molecule has 108 valence electrons. The molecule has 0 saturated carbocycles. The van der Waals surface area contributed by atoms with Gasteiger partial charge in [-0.3, -0.25) is 4.90 Å². The van der Waals surface area contributed by atoms with Gasteiger partial charge in [-0.05, 0) is 31.9 Å². The van der Waals surface area contributed by atoms with E-state index in [0.717, 1.165) is 30.0 Å². The van der Waals surface area contributed by atoms with Crippen molar-refractivity contribution in [2.24, 2.45) is 0 Å². The first-order valence-corrected chi connectivity index (χ1v) is 7.36. The molecule has 0 aliphatic rings. The van der Waals surface area contributed by atoms with Crippen molar-refractivity contribution in [2.75, 3.05) is 20.3 Å². The summed E-state index contributed by atoms with van der Waals surface area (Å²) in [6, 6.07) is 2.26. The summed E-state index contributed by atoms with van der Waals surface area (Å²) < 4.78 is 5.15. The maximum atomic E-state index is 11.0. The van der Waals surface area contributed by atoms with Crippen molar-refractivity contribution in [3.8, 4) is 0 Å². The smallest absolute Gasteiger partial charge is 0.345 e. The zero-order chi connectivity index (χ0) is 14.4. The van der Waals surface area contributed by atoms with Crippen LogP contribution < -0.4 is 0 Å². The van der Waals surface area contributed by atoms with Gasteiger partial charge in [-0.25, -0.2) is 4.79 Å². The molecule has 5 heteroatoms. The van der Waals surface area contributed by atoms with Gasteiger partial charge < -0.3 is 9.84 Å². The van der Waals surface area contributed by atoms with Gasteiger partial charge in [-0.2, -0.15) is 0 Å². The number of hydrogen-bond acceptors (Lipinski definition) is 4. The van der Waals surface area contributed by atoms with Crippen LogP contribution in [0.3, 0.4) is 0 Å². The number of aromatic carboxylic acids is 1. The van der Waals surface area contributed by atoms with Gasteiger partial charge in [0.05, 0.1) is 6.61 Å². The van der Waals surface area contributed by atoms with Crippen molar-refractivity contribution in [3.63, 3.8) is 0 Å². The molecule has 0 spiro atoms. The van der Waals surface area contributed by atoms with Crippen molar-refractivity contribution in [1.29, 1.82) is 0 Å². The van der Waals surface area contributed by atoms with Crippen LogP contribution in [0, 0.1) is 6.92 Å². The van der Waals surface area contributed by atoms with E-state index in [2.05, 4.69) is 18.7 Å². The lowest BCUT2D eigenvalue weighted by molar-refractivity contribution is 0.0702. The number of hydrogen-bond donors (Lipinski definition) is 1. The molecule has 1 N–H and O–H groups in total. The Morgan fingerprint density at radius 2 is 2.26 bits per heavy atom. The molecule has 0 aliphatic heterocycles. The number of aryl methyl sites for hydroxylation is 1. The summed E-state index contributed by atoms with van der Waals surface area (Å²) >= 11 is 1.35. The first kappa shape index (κ1) is 16.1. The fraction of sp³-hybridized carbons (Fsp3) is 0.643. The molecular formula is C14H23NO3S. The number of rotatable bonds is 8. The van der Waals surface area contributed by atoms with E-state index in [0.29, 0.717) is 17.5 Å². The minimum Gasteiger partial charge on any atom is -0.477 e. The Labute approximate surface area is 119 Å². The fourth-order valence-electron chi connectivity index (χ4n) is 1.92. The highest BCUT2D eigenvalue weighted by Gasteiger charge is 2.17. The fourth-order valence-corrected chi connectivity index (χ4v) is 2.80. The van der Waals surface area contributed by atoms with E-state index in [1.165, 1.54) is 11.3 Å². The summed E-state index contributed by atoms with van der Waals surface area (Å²) in [4.78, 5) is 14.8. The third-order valence-corrected chi connectivity index (χ3v) is 4.48. The Hall–Kier alpha value is -0.910. The highest BCUT2D eigenvalue weighted by molar-refractivity contribution is 7.14. The molecule has 0 aliphatic carbocycles. The minimum atomic E-state index is -0.841. The second-order valence-electron chi connectivity index (χ2n) is 4.72. The van der Waals surface area contributed by atoms with Crippen LogP contribution in [0.15, 0.2) is 6.07 Å². The van der Waals surface area contributed by atoms with Crippen LogP contribution in [0.5, 0.6) is 0 Å². The van der Waals surface area contributed by atoms with E-state index in [4.69, 9.17) is 9.84 Å². The molecule has 0 saturated heterocycles. The quantitative estimate of drug-likeness (QED) is 0.797. The number of carboxylic acid groups (broad SMARTS) is 1. The molecular weight excluding hydrogens is 262 g/mol. The van der Waals surface area contributed by atoms with Gasteiger partial charge in [0.2, 0.25) is 0 Å². The monoisotopic (exact) mass is 285 g/mol. The second-order valence-corrected chi connectivity index (χ2v) is 5.97. The number of methoxy groups -OCH3 is 1. The van der Waals surface area contributed by atoms with Crippen LogP contribution in [0.1, 0.15) is 40.4 Å². The molecule has 1 unspecified atom stereocenters. The number of carbonyl (C=O) groups is 1. The molecule has 0 bridgehead atoms. The predicted molar refractivity (Wildman–Crippen MR) is 78.1 cm³/mol. The molecule has 4 nitrogen and oxygen atoms in total. The Morgan fingerprint density at radius 3 is 2.74 bits per heavy atom. The highest BCUT2D eigenvalue weighted by Crippen LogP contribution is 2.24.